The first-order valence-corrected chi connectivity index (χ1v) is 9.13. The van der Waals surface area contributed by atoms with Crippen molar-refractivity contribution in [3.63, 3.8) is 0 Å². The molecule has 25 heavy (non-hydrogen) atoms. The molecule has 1 heterocycles. The number of nitrogens with one attached hydrogen (secondary N) is 2. The number of amides is 2. The molecule has 1 aliphatic heterocycles. The second kappa shape index (κ2) is 8.19. The Bertz CT molecular complexity index is 632. The molecule has 1 aromatic rings. The second-order valence-corrected chi connectivity index (χ2v) is 8.24. The summed E-state index contributed by atoms with van der Waals surface area (Å²) < 4.78 is 0. The number of hydrogen-bond acceptors (Lipinski definition) is 3. The molecule has 1 aromatic carbocycles. The van der Waals surface area contributed by atoms with Crippen LogP contribution in [0.1, 0.15) is 50.4 Å². The molecular formula is C19H28ClN3O2. The summed E-state index contributed by atoms with van der Waals surface area (Å²) in [5, 5.41) is 6.53. The number of halogens is 1. The van der Waals surface area contributed by atoms with E-state index < -0.39 is 0 Å². The Morgan fingerprint density at radius 1 is 1.24 bits per heavy atom. The molecule has 138 valence electrons. The fourth-order valence-electron chi connectivity index (χ4n) is 3.00. The monoisotopic (exact) mass is 365 g/mol. The van der Waals surface area contributed by atoms with Gasteiger partial charge in [0.2, 0.25) is 5.91 Å². The van der Waals surface area contributed by atoms with Gasteiger partial charge in [-0.3, -0.25) is 9.59 Å². The van der Waals surface area contributed by atoms with Crippen molar-refractivity contribution in [1.82, 2.24) is 10.2 Å². The molecule has 0 bridgehead atoms. The van der Waals surface area contributed by atoms with E-state index in [4.69, 9.17) is 11.6 Å². The summed E-state index contributed by atoms with van der Waals surface area (Å²) in [7, 11) is 1.95. The molecule has 0 unspecified atom stereocenters. The zero-order valence-electron chi connectivity index (χ0n) is 15.5. The van der Waals surface area contributed by atoms with Crippen LogP contribution in [0.4, 0.5) is 5.69 Å². The van der Waals surface area contributed by atoms with Crippen molar-refractivity contribution in [2.24, 2.45) is 5.41 Å². The first-order chi connectivity index (χ1) is 11.7. The van der Waals surface area contributed by atoms with Gasteiger partial charge in [0.05, 0.1) is 10.6 Å². The van der Waals surface area contributed by atoms with Crippen molar-refractivity contribution in [3.05, 3.63) is 28.8 Å². The van der Waals surface area contributed by atoms with Gasteiger partial charge in [-0.1, -0.05) is 32.4 Å². The number of carbonyl (C=O) groups is 2. The van der Waals surface area contributed by atoms with Gasteiger partial charge >= 0.3 is 0 Å². The van der Waals surface area contributed by atoms with E-state index in [1.807, 2.05) is 32.7 Å². The summed E-state index contributed by atoms with van der Waals surface area (Å²) in [6, 6.07) is 5.53. The van der Waals surface area contributed by atoms with Crippen LogP contribution in [0.5, 0.6) is 0 Å². The lowest BCUT2D eigenvalue weighted by atomic mass is 9.92. The van der Waals surface area contributed by atoms with Crippen molar-refractivity contribution in [2.75, 3.05) is 25.5 Å². The lowest BCUT2D eigenvalue weighted by molar-refractivity contribution is -0.117. The third-order valence-electron chi connectivity index (χ3n) is 4.36. The first kappa shape index (κ1) is 19.7. The predicted molar refractivity (Wildman–Crippen MR) is 102 cm³/mol. The molecule has 6 heteroatoms. The van der Waals surface area contributed by atoms with Crippen LogP contribution in [0.2, 0.25) is 5.02 Å². The Kier molecular flexibility index (Phi) is 6.47. The van der Waals surface area contributed by atoms with E-state index in [9.17, 15) is 9.59 Å². The Balaban J connectivity index is 2.08. The molecule has 1 fully saturated rings. The third-order valence-corrected chi connectivity index (χ3v) is 4.69. The lowest BCUT2D eigenvalue weighted by Crippen LogP contribution is -2.44. The number of nitrogens with zero attached hydrogens (tertiary/aromatic N) is 1. The van der Waals surface area contributed by atoms with Crippen LogP contribution in [-0.4, -0.2) is 42.9 Å². The Morgan fingerprint density at radius 2 is 1.88 bits per heavy atom. The highest BCUT2D eigenvalue weighted by atomic mass is 35.5. The fraction of sp³-hybridized carbons (Fsp3) is 0.579. The van der Waals surface area contributed by atoms with Crippen LogP contribution in [0, 0.1) is 5.41 Å². The predicted octanol–water partition coefficient (Wildman–Crippen LogP) is 3.54. The van der Waals surface area contributed by atoms with Gasteiger partial charge in [0.1, 0.15) is 0 Å². The molecule has 0 atom stereocenters. The molecule has 2 rings (SSSR count). The molecule has 1 aliphatic rings. The summed E-state index contributed by atoms with van der Waals surface area (Å²) >= 11 is 6.24. The zero-order valence-corrected chi connectivity index (χ0v) is 16.2. The normalized spacial score (nSPS) is 16.0. The van der Waals surface area contributed by atoms with Gasteiger partial charge in [-0.15, -0.1) is 0 Å². The molecular weight excluding hydrogens is 338 g/mol. The smallest absolute Gasteiger partial charge is 0.255 e. The molecule has 0 radical (unpaired) electrons. The zero-order chi connectivity index (χ0) is 18.6. The largest absolute Gasteiger partial charge is 0.338 e. The van der Waals surface area contributed by atoms with E-state index >= 15 is 0 Å². The quantitative estimate of drug-likeness (QED) is 0.857. The highest BCUT2D eigenvalue weighted by molar-refractivity contribution is 6.34. The maximum Gasteiger partial charge on any atom is 0.255 e. The maximum atomic E-state index is 12.8. The maximum absolute atomic E-state index is 12.8. The number of benzene rings is 1. The first-order valence-electron chi connectivity index (χ1n) is 8.75. The van der Waals surface area contributed by atoms with Gasteiger partial charge in [-0.2, -0.15) is 0 Å². The number of rotatable bonds is 4. The molecule has 0 saturated carbocycles. The van der Waals surface area contributed by atoms with E-state index in [1.165, 1.54) is 0 Å². The average Bonchev–Trinajstić information content (AvgIpc) is 2.54. The topological polar surface area (TPSA) is 61.4 Å². The average molecular weight is 366 g/mol. The van der Waals surface area contributed by atoms with Gasteiger partial charge in [0.25, 0.3) is 5.91 Å². The van der Waals surface area contributed by atoms with Crippen LogP contribution < -0.4 is 10.6 Å². The van der Waals surface area contributed by atoms with Crippen molar-refractivity contribution >= 4 is 29.1 Å². The number of anilines is 1. The summed E-state index contributed by atoms with van der Waals surface area (Å²) in [5.74, 6) is -0.144. The highest BCUT2D eigenvalue weighted by Gasteiger charge is 2.24. The number of likely N-dealkylation sites (tertiary alicyclic amines) is 1. The molecule has 1 saturated heterocycles. The summed E-state index contributed by atoms with van der Waals surface area (Å²) in [6.07, 6.45) is 2.28. The van der Waals surface area contributed by atoms with E-state index in [0.29, 0.717) is 41.8 Å². The minimum atomic E-state index is -0.0905. The van der Waals surface area contributed by atoms with Crippen LogP contribution in [-0.2, 0) is 4.79 Å². The Labute approximate surface area is 155 Å². The molecule has 0 aromatic heterocycles. The van der Waals surface area contributed by atoms with Crippen LogP contribution >= 0.6 is 11.6 Å². The van der Waals surface area contributed by atoms with E-state index in [-0.39, 0.29) is 17.2 Å². The Hall–Kier alpha value is -1.59. The van der Waals surface area contributed by atoms with Crippen molar-refractivity contribution < 1.29 is 9.59 Å². The molecule has 0 spiro atoms. The Morgan fingerprint density at radius 3 is 2.44 bits per heavy atom. The summed E-state index contributed by atoms with van der Waals surface area (Å²) in [5.41, 5.74) is 0.956. The molecule has 0 aliphatic carbocycles. The van der Waals surface area contributed by atoms with Crippen LogP contribution in [0.25, 0.3) is 0 Å². The van der Waals surface area contributed by atoms with Crippen molar-refractivity contribution in [3.8, 4) is 0 Å². The SMILES string of the molecule is CNC1CCN(C(=O)c2cc(NC(=O)CC(C)(C)C)ccc2Cl)CC1. The van der Waals surface area contributed by atoms with E-state index in [1.54, 1.807) is 18.2 Å². The van der Waals surface area contributed by atoms with Crippen LogP contribution in [0.15, 0.2) is 18.2 Å². The van der Waals surface area contributed by atoms with E-state index in [2.05, 4.69) is 10.6 Å². The second-order valence-electron chi connectivity index (χ2n) is 7.84. The number of piperidine rings is 1. The van der Waals surface area contributed by atoms with Gasteiger partial charge in [-0.25, -0.2) is 0 Å². The minimum absolute atomic E-state index is 0.0666. The fourth-order valence-corrected chi connectivity index (χ4v) is 3.19. The van der Waals surface area contributed by atoms with Gasteiger partial charge in [0.15, 0.2) is 0 Å². The van der Waals surface area contributed by atoms with Gasteiger partial charge in [-0.05, 0) is 43.5 Å². The van der Waals surface area contributed by atoms with Crippen LogP contribution in [0.3, 0.4) is 0 Å². The summed E-state index contributed by atoms with van der Waals surface area (Å²) in [4.78, 5) is 26.7. The van der Waals surface area contributed by atoms with Gasteiger partial charge < -0.3 is 15.5 Å². The number of carbonyl (C=O) groups excluding carboxylic acids is 2. The molecule has 2 N–H and O–H groups in total. The summed E-state index contributed by atoms with van der Waals surface area (Å²) in [6.45, 7) is 7.46. The highest BCUT2D eigenvalue weighted by Crippen LogP contribution is 2.25. The third kappa shape index (κ3) is 5.72. The molecule has 2 amide bonds. The standard InChI is InChI=1S/C19H28ClN3O2/c1-19(2,3)12-17(24)22-14-5-6-16(20)15(11-14)18(25)23-9-7-13(21-4)8-10-23/h5-6,11,13,21H,7-10,12H2,1-4H3,(H,22,24). The number of hydrogen-bond donors (Lipinski definition) is 2. The molecule has 5 nitrogen and oxygen atoms in total. The van der Waals surface area contributed by atoms with Crippen molar-refractivity contribution in [1.29, 1.82) is 0 Å². The van der Waals surface area contributed by atoms with E-state index in [0.717, 1.165) is 12.8 Å². The van der Waals surface area contributed by atoms with Gasteiger partial charge in [0, 0.05) is 31.2 Å². The minimum Gasteiger partial charge on any atom is -0.338 e. The lowest BCUT2D eigenvalue weighted by Gasteiger charge is -2.32. The van der Waals surface area contributed by atoms with Crippen molar-refractivity contribution in [2.45, 2.75) is 46.1 Å².